The molecule has 2 aromatic rings. The molecule has 0 spiro atoms. The third-order valence-corrected chi connectivity index (χ3v) is 4.48. The Balaban J connectivity index is 1.67. The van der Waals surface area contributed by atoms with Crippen LogP contribution in [0.25, 0.3) is 10.9 Å². The van der Waals surface area contributed by atoms with E-state index >= 15 is 0 Å². The lowest BCUT2D eigenvalue weighted by Gasteiger charge is -2.22. The van der Waals surface area contributed by atoms with E-state index in [0.29, 0.717) is 18.3 Å². The van der Waals surface area contributed by atoms with Crippen molar-refractivity contribution in [2.24, 2.45) is 0 Å². The number of ether oxygens (including phenoxy) is 1. The fourth-order valence-electron chi connectivity index (χ4n) is 3.21. The molecule has 1 saturated heterocycles. The van der Waals surface area contributed by atoms with Crippen molar-refractivity contribution in [3.05, 3.63) is 30.0 Å². The zero-order valence-electron chi connectivity index (χ0n) is 13.2. The highest BCUT2D eigenvalue weighted by molar-refractivity contribution is 5.98. The minimum Gasteiger partial charge on any atom is -0.497 e. The quantitative estimate of drug-likeness (QED) is 0.891. The Morgan fingerprint density at radius 1 is 1.45 bits per heavy atom. The highest BCUT2D eigenvalue weighted by Gasteiger charge is 2.23. The maximum Gasteiger partial charge on any atom is 0.267 e. The van der Waals surface area contributed by atoms with Gasteiger partial charge in [-0.3, -0.25) is 9.69 Å². The van der Waals surface area contributed by atoms with Crippen molar-refractivity contribution >= 4 is 16.8 Å². The van der Waals surface area contributed by atoms with Crippen LogP contribution in [0.1, 0.15) is 30.3 Å². The third-order valence-electron chi connectivity index (χ3n) is 4.48. The molecule has 22 heavy (non-hydrogen) atoms. The van der Waals surface area contributed by atoms with Gasteiger partial charge in [0.15, 0.2) is 0 Å². The highest BCUT2D eigenvalue weighted by atomic mass is 16.5. The largest absolute Gasteiger partial charge is 0.497 e. The number of nitrogens with one attached hydrogen (secondary N) is 2. The van der Waals surface area contributed by atoms with Gasteiger partial charge in [-0.25, -0.2) is 0 Å². The van der Waals surface area contributed by atoms with Crippen LogP contribution in [0.5, 0.6) is 5.75 Å². The number of aromatic nitrogens is 1. The maximum absolute atomic E-state index is 12.3. The van der Waals surface area contributed by atoms with Gasteiger partial charge in [0, 0.05) is 23.5 Å². The van der Waals surface area contributed by atoms with E-state index in [0.717, 1.165) is 36.2 Å². The van der Waals surface area contributed by atoms with E-state index in [1.165, 1.54) is 6.42 Å². The second kappa shape index (κ2) is 6.40. The molecule has 0 radical (unpaired) electrons. The van der Waals surface area contributed by atoms with E-state index in [-0.39, 0.29) is 5.91 Å². The number of nitrogens with zero attached hydrogens (tertiary/aromatic N) is 1. The minimum atomic E-state index is -0.0434. The van der Waals surface area contributed by atoms with Gasteiger partial charge >= 0.3 is 0 Å². The molecule has 1 atom stereocenters. The summed E-state index contributed by atoms with van der Waals surface area (Å²) >= 11 is 0. The van der Waals surface area contributed by atoms with E-state index in [2.05, 4.69) is 22.1 Å². The first-order valence-electron chi connectivity index (χ1n) is 7.90. The van der Waals surface area contributed by atoms with E-state index in [4.69, 9.17) is 4.74 Å². The molecule has 3 rings (SSSR count). The molecule has 0 aliphatic carbocycles. The summed E-state index contributed by atoms with van der Waals surface area (Å²) < 4.78 is 5.21. The lowest BCUT2D eigenvalue weighted by molar-refractivity contribution is 0.0937. The fraction of sp³-hybridized carbons (Fsp3) is 0.471. The number of likely N-dealkylation sites (tertiary alicyclic amines) is 1. The van der Waals surface area contributed by atoms with Gasteiger partial charge in [0.05, 0.1) is 7.11 Å². The predicted octanol–water partition coefficient (Wildman–Crippen LogP) is 2.39. The first kappa shape index (κ1) is 14.9. The van der Waals surface area contributed by atoms with Crippen LogP contribution in [0.3, 0.4) is 0 Å². The predicted molar refractivity (Wildman–Crippen MR) is 87.5 cm³/mol. The molecule has 1 aliphatic heterocycles. The number of likely N-dealkylation sites (N-methyl/N-ethyl adjacent to an activating group) is 1. The van der Waals surface area contributed by atoms with Crippen molar-refractivity contribution in [2.75, 3.05) is 26.7 Å². The molecule has 1 aliphatic rings. The van der Waals surface area contributed by atoms with Crippen molar-refractivity contribution in [1.29, 1.82) is 0 Å². The topological polar surface area (TPSA) is 57.4 Å². The Morgan fingerprint density at radius 3 is 3.09 bits per heavy atom. The Hall–Kier alpha value is -2.01. The SMILES string of the molecule is CCN1CCC[C@@H]1CNC(=O)c1cc2cc(OC)ccc2[nH]1. The Labute approximate surface area is 130 Å². The molecule has 5 nitrogen and oxygen atoms in total. The van der Waals surface area contributed by atoms with Crippen LogP contribution in [0.15, 0.2) is 24.3 Å². The van der Waals surface area contributed by atoms with Crippen molar-refractivity contribution in [3.63, 3.8) is 0 Å². The van der Waals surface area contributed by atoms with Crippen LogP contribution in [-0.4, -0.2) is 48.6 Å². The number of H-pyrrole nitrogens is 1. The lowest BCUT2D eigenvalue weighted by Crippen LogP contribution is -2.40. The number of fused-ring (bicyclic) bond motifs is 1. The molecular weight excluding hydrogens is 278 g/mol. The van der Waals surface area contributed by atoms with Crippen LogP contribution in [0.4, 0.5) is 0 Å². The molecule has 5 heteroatoms. The summed E-state index contributed by atoms with van der Waals surface area (Å²) in [5.74, 6) is 0.751. The molecule has 0 saturated carbocycles. The van der Waals surface area contributed by atoms with Gasteiger partial charge in [-0.05, 0) is 50.2 Å². The second-order valence-corrected chi connectivity index (χ2v) is 5.77. The van der Waals surface area contributed by atoms with E-state index < -0.39 is 0 Å². The number of aromatic amines is 1. The summed E-state index contributed by atoms with van der Waals surface area (Å²) in [6, 6.07) is 8.09. The van der Waals surface area contributed by atoms with Gasteiger partial charge in [-0.1, -0.05) is 6.92 Å². The Bertz CT molecular complexity index is 665. The van der Waals surface area contributed by atoms with Crippen molar-refractivity contribution in [2.45, 2.75) is 25.8 Å². The molecule has 0 bridgehead atoms. The van der Waals surface area contributed by atoms with Crippen LogP contribution in [0, 0.1) is 0 Å². The average molecular weight is 301 g/mol. The number of carbonyl (C=O) groups is 1. The number of benzene rings is 1. The fourth-order valence-corrected chi connectivity index (χ4v) is 3.21. The number of hydrogen-bond acceptors (Lipinski definition) is 3. The molecule has 118 valence electrons. The summed E-state index contributed by atoms with van der Waals surface area (Å²) in [6.07, 6.45) is 2.39. The van der Waals surface area contributed by atoms with Gasteiger partial charge in [0.1, 0.15) is 11.4 Å². The van der Waals surface area contributed by atoms with Crippen molar-refractivity contribution in [1.82, 2.24) is 15.2 Å². The van der Waals surface area contributed by atoms with Gasteiger partial charge in [0.25, 0.3) is 5.91 Å². The maximum atomic E-state index is 12.3. The number of hydrogen-bond donors (Lipinski definition) is 2. The summed E-state index contributed by atoms with van der Waals surface area (Å²) in [6.45, 7) is 5.08. The smallest absolute Gasteiger partial charge is 0.267 e. The molecule has 1 amide bonds. The molecular formula is C17H23N3O2. The first-order valence-corrected chi connectivity index (χ1v) is 7.90. The van der Waals surface area contributed by atoms with Crippen molar-refractivity contribution in [3.8, 4) is 5.75 Å². The van der Waals surface area contributed by atoms with Gasteiger partial charge in [0.2, 0.25) is 0 Å². The number of carbonyl (C=O) groups excluding carboxylic acids is 1. The zero-order chi connectivity index (χ0) is 15.5. The van der Waals surface area contributed by atoms with Gasteiger partial charge in [-0.15, -0.1) is 0 Å². The van der Waals surface area contributed by atoms with E-state index in [1.807, 2.05) is 24.3 Å². The van der Waals surface area contributed by atoms with E-state index in [1.54, 1.807) is 7.11 Å². The molecule has 1 fully saturated rings. The summed E-state index contributed by atoms with van der Waals surface area (Å²) in [5.41, 5.74) is 1.55. The van der Waals surface area contributed by atoms with Gasteiger partial charge in [-0.2, -0.15) is 0 Å². The van der Waals surface area contributed by atoms with Crippen LogP contribution >= 0.6 is 0 Å². The number of rotatable bonds is 5. The average Bonchev–Trinajstić information content (AvgIpc) is 3.17. The Morgan fingerprint density at radius 2 is 2.32 bits per heavy atom. The van der Waals surface area contributed by atoms with Crippen molar-refractivity contribution < 1.29 is 9.53 Å². The standard InChI is InChI=1S/C17H23N3O2/c1-3-20-8-4-5-13(20)11-18-17(21)16-10-12-9-14(22-2)6-7-15(12)19-16/h6-7,9-10,13,19H,3-5,8,11H2,1-2H3,(H,18,21)/t13-/m1/s1. The van der Waals surface area contributed by atoms with Crippen LogP contribution in [0.2, 0.25) is 0 Å². The zero-order valence-corrected chi connectivity index (χ0v) is 13.2. The lowest BCUT2D eigenvalue weighted by atomic mass is 10.2. The normalized spacial score (nSPS) is 18.7. The van der Waals surface area contributed by atoms with E-state index in [9.17, 15) is 4.79 Å². The first-order chi connectivity index (χ1) is 10.7. The number of methoxy groups -OCH3 is 1. The number of amides is 1. The monoisotopic (exact) mass is 301 g/mol. The van der Waals surface area contributed by atoms with Crippen LogP contribution in [-0.2, 0) is 0 Å². The molecule has 2 N–H and O–H groups in total. The Kier molecular flexibility index (Phi) is 4.34. The summed E-state index contributed by atoms with van der Waals surface area (Å²) in [4.78, 5) is 17.9. The molecule has 1 aromatic carbocycles. The summed E-state index contributed by atoms with van der Waals surface area (Å²) in [7, 11) is 1.64. The third kappa shape index (κ3) is 2.95. The van der Waals surface area contributed by atoms with Crippen LogP contribution < -0.4 is 10.1 Å². The molecule has 0 unspecified atom stereocenters. The minimum absolute atomic E-state index is 0.0434. The molecule has 1 aromatic heterocycles. The highest BCUT2D eigenvalue weighted by Crippen LogP contribution is 2.21. The second-order valence-electron chi connectivity index (χ2n) is 5.77. The summed E-state index contributed by atoms with van der Waals surface area (Å²) in [5, 5.41) is 4.04. The molecule has 2 heterocycles. The van der Waals surface area contributed by atoms with Gasteiger partial charge < -0.3 is 15.0 Å².